The van der Waals surface area contributed by atoms with Gasteiger partial charge in [0.1, 0.15) is 6.54 Å². The van der Waals surface area contributed by atoms with Crippen molar-refractivity contribution in [1.29, 1.82) is 0 Å². The summed E-state index contributed by atoms with van der Waals surface area (Å²) in [6, 6.07) is 6.59. The van der Waals surface area contributed by atoms with E-state index in [1.54, 1.807) is 38.1 Å². The second-order valence-corrected chi connectivity index (χ2v) is 8.32. The van der Waals surface area contributed by atoms with Crippen molar-refractivity contribution in [2.75, 3.05) is 19.6 Å². The summed E-state index contributed by atoms with van der Waals surface area (Å²) in [5, 5.41) is 8.93. The third-order valence-electron chi connectivity index (χ3n) is 4.51. The number of benzene rings is 1. The minimum Gasteiger partial charge on any atom is -0.480 e. The van der Waals surface area contributed by atoms with E-state index in [2.05, 4.69) is 0 Å². The van der Waals surface area contributed by atoms with Gasteiger partial charge < -0.3 is 10.0 Å². The summed E-state index contributed by atoms with van der Waals surface area (Å²) in [4.78, 5) is 24.9. The van der Waals surface area contributed by atoms with Crippen LogP contribution in [0.3, 0.4) is 0 Å². The predicted octanol–water partition coefficient (Wildman–Crippen LogP) is 1.73. The maximum Gasteiger partial charge on any atom is 0.323 e. The number of amides is 1. The number of aliphatic carboxylic acids is 1. The Hall–Kier alpha value is -1.93. The van der Waals surface area contributed by atoms with Crippen molar-refractivity contribution in [3.05, 3.63) is 29.8 Å². The molecule has 0 spiro atoms. The number of carboxylic acid groups (broad SMARTS) is 1. The minimum absolute atomic E-state index is 0.0557. The van der Waals surface area contributed by atoms with Crippen molar-refractivity contribution in [2.24, 2.45) is 0 Å². The van der Waals surface area contributed by atoms with Crippen LogP contribution in [0.5, 0.6) is 0 Å². The molecule has 1 aromatic rings. The normalized spacial score (nSPS) is 14.4. The van der Waals surface area contributed by atoms with Crippen molar-refractivity contribution < 1.29 is 23.1 Å². The van der Waals surface area contributed by atoms with E-state index in [1.807, 2.05) is 0 Å². The van der Waals surface area contributed by atoms with Crippen LogP contribution >= 0.6 is 0 Å². The van der Waals surface area contributed by atoms with Crippen molar-refractivity contribution in [1.82, 2.24) is 9.21 Å². The molecule has 0 atom stereocenters. The van der Waals surface area contributed by atoms with Gasteiger partial charge in [0.05, 0.1) is 4.90 Å². The highest BCUT2D eigenvalue weighted by Gasteiger charge is 2.33. The van der Waals surface area contributed by atoms with Gasteiger partial charge in [0.15, 0.2) is 0 Å². The van der Waals surface area contributed by atoms with Gasteiger partial charge in [-0.15, -0.1) is 0 Å². The third kappa shape index (κ3) is 5.04. The fourth-order valence-corrected chi connectivity index (χ4v) is 4.35. The zero-order valence-corrected chi connectivity index (χ0v) is 16.0. The first-order chi connectivity index (χ1) is 12.3. The number of aryl methyl sites for hydroxylation is 1. The summed E-state index contributed by atoms with van der Waals surface area (Å²) in [5.41, 5.74) is 0.850. The predicted molar refractivity (Wildman–Crippen MR) is 97.2 cm³/mol. The van der Waals surface area contributed by atoms with Gasteiger partial charge in [-0.2, -0.15) is 4.31 Å². The Kier molecular flexibility index (Phi) is 6.77. The van der Waals surface area contributed by atoms with Gasteiger partial charge in [-0.3, -0.25) is 9.59 Å². The highest BCUT2D eigenvalue weighted by atomic mass is 32.2. The van der Waals surface area contributed by atoms with Gasteiger partial charge in [0, 0.05) is 25.6 Å². The van der Waals surface area contributed by atoms with Crippen LogP contribution in [0.1, 0.15) is 38.7 Å². The lowest BCUT2D eigenvalue weighted by atomic mass is 10.1. The molecule has 8 heteroatoms. The Morgan fingerprint density at radius 2 is 1.69 bits per heavy atom. The zero-order valence-electron chi connectivity index (χ0n) is 15.2. The largest absolute Gasteiger partial charge is 0.480 e. The van der Waals surface area contributed by atoms with Gasteiger partial charge >= 0.3 is 5.97 Å². The van der Waals surface area contributed by atoms with Crippen LogP contribution < -0.4 is 0 Å². The Bertz CT molecular complexity index is 737. The molecule has 1 aliphatic rings. The molecular formula is C18H26N2O5S. The molecule has 0 aromatic heterocycles. The molecule has 7 nitrogen and oxygen atoms in total. The Balaban J connectivity index is 1.98. The number of hydrogen-bond acceptors (Lipinski definition) is 4. The average molecular weight is 382 g/mol. The van der Waals surface area contributed by atoms with E-state index in [1.165, 1.54) is 9.21 Å². The quantitative estimate of drug-likeness (QED) is 0.665. The summed E-state index contributed by atoms with van der Waals surface area (Å²) in [6.45, 7) is 4.16. The van der Waals surface area contributed by atoms with E-state index in [-0.39, 0.29) is 29.8 Å². The summed E-state index contributed by atoms with van der Waals surface area (Å²) in [5.74, 6) is -1.18. The van der Waals surface area contributed by atoms with Crippen LogP contribution in [0.15, 0.2) is 29.2 Å². The van der Waals surface area contributed by atoms with Gasteiger partial charge in [-0.25, -0.2) is 8.42 Å². The van der Waals surface area contributed by atoms with Crippen molar-refractivity contribution in [3.8, 4) is 0 Å². The van der Waals surface area contributed by atoms with E-state index in [4.69, 9.17) is 5.11 Å². The highest BCUT2D eigenvalue weighted by Crippen LogP contribution is 2.27. The highest BCUT2D eigenvalue weighted by molar-refractivity contribution is 7.89. The van der Waals surface area contributed by atoms with Crippen LogP contribution in [-0.2, 0) is 26.0 Å². The first-order valence-corrected chi connectivity index (χ1v) is 10.3. The van der Waals surface area contributed by atoms with Gasteiger partial charge in [0.25, 0.3) is 0 Å². The molecule has 2 rings (SSSR count). The number of nitrogens with zero attached hydrogens (tertiary/aromatic N) is 2. The summed E-state index contributed by atoms with van der Waals surface area (Å²) in [6.07, 6.45) is 2.38. The molecule has 1 amide bonds. The molecule has 26 heavy (non-hydrogen) atoms. The van der Waals surface area contributed by atoms with Crippen molar-refractivity contribution >= 4 is 21.9 Å². The molecule has 0 radical (unpaired) electrons. The Morgan fingerprint density at radius 3 is 2.15 bits per heavy atom. The lowest BCUT2D eigenvalue weighted by Crippen LogP contribution is -2.37. The van der Waals surface area contributed by atoms with Gasteiger partial charge in [-0.05, 0) is 37.0 Å². The molecule has 0 bridgehead atoms. The lowest BCUT2D eigenvalue weighted by Gasteiger charge is -2.20. The lowest BCUT2D eigenvalue weighted by molar-refractivity contribution is -0.144. The molecule has 0 heterocycles. The van der Waals surface area contributed by atoms with Gasteiger partial charge in [0.2, 0.25) is 15.9 Å². The SMILES string of the molecule is CCN(CC)S(=O)(=O)c1ccc(CCC(=O)N(CC(=O)O)C2CC2)cc1. The molecule has 0 saturated heterocycles. The Morgan fingerprint density at radius 1 is 1.12 bits per heavy atom. The maximum atomic E-state index is 12.5. The van der Waals surface area contributed by atoms with Crippen LogP contribution in [0.2, 0.25) is 0 Å². The number of carbonyl (C=O) groups excluding carboxylic acids is 1. The van der Waals surface area contributed by atoms with Gasteiger partial charge in [-0.1, -0.05) is 26.0 Å². The third-order valence-corrected chi connectivity index (χ3v) is 6.57. The number of carboxylic acids is 1. The van der Waals surface area contributed by atoms with Crippen LogP contribution in [0.25, 0.3) is 0 Å². The first-order valence-electron chi connectivity index (χ1n) is 8.90. The van der Waals surface area contributed by atoms with Crippen LogP contribution in [0, 0.1) is 0 Å². The van der Waals surface area contributed by atoms with Crippen molar-refractivity contribution in [3.63, 3.8) is 0 Å². The summed E-state index contributed by atoms with van der Waals surface area (Å²) >= 11 is 0. The minimum atomic E-state index is -3.49. The molecule has 1 aliphatic carbocycles. The molecular weight excluding hydrogens is 356 g/mol. The fourth-order valence-electron chi connectivity index (χ4n) is 2.89. The fraction of sp³-hybridized carbons (Fsp3) is 0.556. The summed E-state index contributed by atoms with van der Waals surface area (Å²) < 4.78 is 26.3. The summed E-state index contributed by atoms with van der Waals surface area (Å²) in [7, 11) is -3.49. The van der Waals surface area contributed by atoms with E-state index in [0.717, 1.165) is 18.4 Å². The second kappa shape index (κ2) is 8.64. The van der Waals surface area contributed by atoms with Crippen LogP contribution in [-0.4, -0.2) is 60.3 Å². The number of sulfonamides is 1. The first kappa shape index (κ1) is 20.4. The second-order valence-electron chi connectivity index (χ2n) is 6.38. The van der Waals surface area contributed by atoms with E-state index >= 15 is 0 Å². The molecule has 1 saturated carbocycles. The number of rotatable bonds is 10. The molecule has 1 aromatic carbocycles. The number of hydrogen-bond donors (Lipinski definition) is 1. The zero-order chi connectivity index (χ0) is 19.3. The van der Waals surface area contributed by atoms with E-state index in [9.17, 15) is 18.0 Å². The molecule has 0 aliphatic heterocycles. The maximum absolute atomic E-state index is 12.5. The average Bonchev–Trinajstić information content (AvgIpc) is 3.43. The van der Waals surface area contributed by atoms with E-state index in [0.29, 0.717) is 19.5 Å². The monoisotopic (exact) mass is 382 g/mol. The molecule has 0 unspecified atom stereocenters. The number of carbonyl (C=O) groups is 2. The van der Waals surface area contributed by atoms with Crippen LogP contribution in [0.4, 0.5) is 0 Å². The van der Waals surface area contributed by atoms with E-state index < -0.39 is 16.0 Å². The molecule has 1 fully saturated rings. The molecule has 144 valence electrons. The molecule has 1 N–H and O–H groups in total. The van der Waals surface area contributed by atoms with Crippen molar-refractivity contribution in [2.45, 2.75) is 50.5 Å². The smallest absolute Gasteiger partial charge is 0.323 e. The standard InChI is InChI=1S/C18H26N2O5S/c1-3-19(4-2)26(24,25)16-10-5-14(6-11-16)7-12-17(21)20(13-18(22)23)15-8-9-15/h5-6,10-11,15H,3-4,7-9,12-13H2,1-2H3,(H,22,23). The Labute approximate surface area is 154 Å². The topological polar surface area (TPSA) is 95.0 Å².